The lowest BCUT2D eigenvalue weighted by molar-refractivity contribution is -0.136. The monoisotopic (exact) mass is 419 g/mol. The van der Waals surface area contributed by atoms with Crippen LogP contribution in [-0.2, 0) is 19.4 Å². The normalized spacial score (nSPS) is 27.0. The highest BCUT2D eigenvalue weighted by molar-refractivity contribution is 7.91. The molecule has 0 aliphatic carbocycles. The second kappa shape index (κ2) is 7.63. The van der Waals surface area contributed by atoms with Crippen molar-refractivity contribution in [3.05, 3.63) is 29.3 Å². The predicted molar refractivity (Wildman–Crippen MR) is 112 cm³/mol. The first kappa shape index (κ1) is 20.2. The number of amides is 2. The average Bonchev–Trinajstić information content (AvgIpc) is 3.25. The minimum atomic E-state index is -3.05. The molecule has 0 unspecified atom stereocenters. The molecule has 1 aromatic carbocycles. The summed E-state index contributed by atoms with van der Waals surface area (Å²) in [6.45, 7) is 7.45. The summed E-state index contributed by atoms with van der Waals surface area (Å²) in [5.41, 5.74) is 3.76. The van der Waals surface area contributed by atoms with E-state index in [1.807, 2.05) is 4.90 Å². The van der Waals surface area contributed by atoms with Gasteiger partial charge in [0.2, 0.25) is 11.8 Å². The zero-order valence-electron chi connectivity index (χ0n) is 17.1. The molecule has 3 aliphatic heterocycles. The van der Waals surface area contributed by atoms with Crippen molar-refractivity contribution in [2.45, 2.75) is 32.7 Å². The molecule has 0 radical (unpaired) electrons. The number of rotatable bonds is 3. The molecule has 29 heavy (non-hydrogen) atoms. The summed E-state index contributed by atoms with van der Waals surface area (Å²) in [4.78, 5) is 31.3. The average molecular weight is 420 g/mol. The van der Waals surface area contributed by atoms with Crippen LogP contribution in [0.15, 0.2) is 18.2 Å². The van der Waals surface area contributed by atoms with Crippen molar-refractivity contribution in [2.75, 3.05) is 49.1 Å². The SMILES string of the molecule is Cc1cccc(N2CCN(C(=O)[C@@H]3CC(=O)N([C@@H]4CCS(=O)(=O)C4)C3)CC2)c1C. The van der Waals surface area contributed by atoms with Crippen LogP contribution >= 0.6 is 0 Å². The smallest absolute Gasteiger partial charge is 0.228 e. The molecule has 0 aromatic heterocycles. The highest BCUT2D eigenvalue weighted by Gasteiger charge is 2.43. The van der Waals surface area contributed by atoms with E-state index in [0.29, 0.717) is 26.1 Å². The van der Waals surface area contributed by atoms with Gasteiger partial charge in [0.25, 0.3) is 0 Å². The maximum atomic E-state index is 13.0. The lowest BCUT2D eigenvalue weighted by Crippen LogP contribution is -2.51. The molecule has 3 heterocycles. The molecule has 3 saturated heterocycles. The van der Waals surface area contributed by atoms with E-state index in [1.54, 1.807) is 4.90 Å². The maximum Gasteiger partial charge on any atom is 0.228 e. The van der Waals surface area contributed by atoms with Gasteiger partial charge in [0.05, 0.1) is 17.4 Å². The van der Waals surface area contributed by atoms with Gasteiger partial charge < -0.3 is 14.7 Å². The molecule has 7 nitrogen and oxygen atoms in total. The van der Waals surface area contributed by atoms with Crippen LogP contribution < -0.4 is 4.90 Å². The predicted octanol–water partition coefficient (Wildman–Crippen LogP) is 0.988. The fraction of sp³-hybridized carbons (Fsp3) is 0.619. The lowest BCUT2D eigenvalue weighted by atomic mass is 10.1. The molecule has 2 amide bonds. The third kappa shape index (κ3) is 3.99. The Labute approximate surface area is 172 Å². The minimum absolute atomic E-state index is 0.0299. The van der Waals surface area contributed by atoms with Gasteiger partial charge in [-0.05, 0) is 37.5 Å². The van der Waals surface area contributed by atoms with E-state index in [-0.39, 0.29) is 41.7 Å². The van der Waals surface area contributed by atoms with Crippen LogP contribution in [0.2, 0.25) is 0 Å². The largest absolute Gasteiger partial charge is 0.368 e. The van der Waals surface area contributed by atoms with Crippen molar-refractivity contribution in [2.24, 2.45) is 5.92 Å². The van der Waals surface area contributed by atoms with Gasteiger partial charge in [-0.15, -0.1) is 0 Å². The number of carbonyl (C=O) groups is 2. The summed E-state index contributed by atoms with van der Waals surface area (Å²) >= 11 is 0. The Morgan fingerprint density at radius 2 is 1.83 bits per heavy atom. The van der Waals surface area contributed by atoms with E-state index in [0.717, 1.165) is 13.1 Å². The Hall–Kier alpha value is -2.09. The van der Waals surface area contributed by atoms with Gasteiger partial charge in [-0.3, -0.25) is 9.59 Å². The van der Waals surface area contributed by atoms with Crippen molar-refractivity contribution in [3.63, 3.8) is 0 Å². The minimum Gasteiger partial charge on any atom is -0.368 e. The highest BCUT2D eigenvalue weighted by Crippen LogP contribution is 2.28. The highest BCUT2D eigenvalue weighted by atomic mass is 32.2. The quantitative estimate of drug-likeness (QED) is 0.730. The van der Waals surface area contributed by atoms with Crippen LogP contribution in [-0.4, -0.2) is 80.3 Å². The number of hydrogen-bond acceptors (Lipinski definition) is 5. The number of sulfone groups is 1. The number of likely N-dealkylation sites (tertiary alicyclic amines) is 1. The van der Waals surface area contributed by atoms with Crippen molar-refractivity contribution < 1.29 is 18.0 Å². The molecule has 0 bridgehead atoms. The fourth-order valence-corrected chi connectivity index (χ4v) is 6.51. The molecule has 3 fully saturated rings. The van der Waals surface area contributed by atoms with E-state index in [4.69, 9.17) is 0 Å². The molecular formula is C21H29N3O4S. The van der Waals surface area contributed by atoms with Gasteiger partial charge in [0.1, 0.15) is 0 Å². The first-order valence-electron chi connectivity index (χ1n) is 10.3. The standard InChI is InChI=1S/C21H29N3O4S/c1-15-4-3-5-19(16(15)2)22-7-9-23(10-8-22)21(26)17-12-20(25)24(13-17)18-6-11-29(27,28)14-18/h3-5,17-18H,6-14H2,1-2H3/t17-,18-/m1/s1. The molecule has 0 saturated carbocycles. The van der Waals surface area contributed by atoms with Gasteiger partial charge in [-0.25, -0.2) is 8.42 Å². The van der Waals surface area contributed by atoms with Gasteiger partial charge in [-0.1, -0.05) is 12.1 Å². The zero-order chi connectivity index (χ0) is 20.8. The van der Waals surface area contributed by atoms with Crippen LogP contribution in [0.3, 0.4) is 0 Å². The summed E-state index contributed by atoms with van der Waals surface area (Å²) in [5.74, 6) is -0.228. The third-order valence-electron chi connectivity index (χ3n) is 6.66. The fourth-order valence-electron chi connectivity index (χ4n) is 4.78. The Morgan fingerprint density at radius 3 is 2.48 bits per heavy atom. The Bertz CT molecular complexity index is 922. The number of carbonyl (C=O) groups excluding carboxylic acids is 2. The van der Waals surface area contributed by atoms with Gasteiger partial charge in [0.15, 0.2) is 9.84 Å². The van der Waals surface area contributed by atoms with Crippen molar-refractivity contribution >= 4 is 27.3 Å². The van der Waals surface area contributed by atoms with Gasteiger partial charge >= 0.3 is 0 Å². The Kier molecular flexibility index (Phi) is 5.31. The van der Waals surface area contributed by atoms with Crippen LogP contribution in [0.25, 0.3) is 0 Å². The molecule has 1 aromatic rings. The van der Waals surface area contributed by atoms with Crippen LogP contribution in [0, 0.1) is 19.8 Å². The van der Waals surface area contributed by atoms with E-state index >= 15 is 0 Å². The first-order valence-corrected chi connectivity index (χ1v) is 12.2. The Balaban J connectivity index is 1.35. The van der Waals surface area contributed by atoms with Gasteiger partial charge in [0, 0.05) is 50.9 Å². The molecule has 0 spiro atoms. The van der Waals surface area contributed by atoms with Crippen molar-refractivity contribution in [1.29, 1.82) is 0 Å². The number of piperazine rings is 1. The van der Waals surface area contributed by atoms with Crippen LogP contribution in [0.4, 0.5) is 5.69 Å². The summed E-state index contributed by atoms with van der Waals surface area (Å²) < 4.78 is 23.5. The first-order chi connectivity index (χ1) is 13.7. The summed E-state index contributed by atoms with van der Waals surface area (Å²) in [7, 11) is -3.05. The second-order valence-corrected chi connectivity index (χ2v) is 10.8. The summed E-state index contributed by atoms with van der Waals surface area (Å²) in [6, 6.07) is 6.04. The van der Waals surface area contributed by atoms with E-state index in [2.05, 4.69) is 36.9 Å². The molecule has 4 rings (SSSR count). The van der Waals surface area contributed by atoms with Crippen molar-refractivity contribution in [3.8, 4) is 0 Å². The molecule has 8 heteroatoms. The third-order valence-corrected chi connectivity index (χ3v) is 8.42. The van der Waals surface area contributed by atoms with E-state index in [9.17, 15) is 18.0 Å². The van der Waals surface area contributed by atoms with E-state index < -0.39 is 9.84 Å². The number of hydrogen-bond donors (Lipinski definition) is 0. The molecule has 0 N–H and O–H groups in total. The van der Waals surface area contributed by atoms with Crippen molar-refractivity contribution in [1.82, 2.24) is 9.80 Å². The zero-order valence-corrected chi connectivity index (χ0v) is 18.0. The summed E-state index contributed by atoms with van der Waals surface area (Å²) in [5, 5.41) is 0. The van der Waals surface area contributed by atoms with E-state index in [1.165, 1.54) is 16.8 Å². The number of nitrogens with zero attached hydrogens (tertiary/aromatic N) is 3. The topological polar surface area (TPSA) is 78.0 Å². The van der Waals surface area contributed by atoms with Crippen LogP contribution in [0.5, 0.6) is 0 Å². The number of anilines is 1. The Morgan fingerprint density at radius 1 is 1.10 bits per heavy atom. The maximum absolute atomic E-state index is 13.0. The molecule has 3 aliphatic rings. The van der Waals surface area contributed by atoms with Gasteiger partial charge in [-0.2, -0.15) is 0 Å². The molecular weight excluding hydrogens is 390 g/mol. The molecule has 158 valence electrons. The molecule has 2 atom stereocenters. The number of benzene rings is 1. The number of aryl methyl sites for hydroxylation is 1. The second-order valence-electron chi connectivity index (χ2n) is 8.54. The van der Waals surface area contributed by atoms with Crippen LogP contribution in [0.1, 0.15) is 24.0 Å². The summed E-state index contributed by atoms with van der Waals surface area (Å²) in [6.07, 6.45) is 0.691. The lowest BCUT2D eigenvalue weighted by Gasteiger charge is -2.38.